The van der Waals surface area contributed by atoms with Crippen LogP contribution in [0.4, 0.5) is 0 Å². The number of aliphatic hydroxyl groups is 1. The summed E-state index contributed by atoms with van der Waals surface area (Å²) in [5.41, 5.74) is 2.19. The van der Waals surface area contributed by atoms with Gasteiger partial charge in [-0.15, -0.1) is 0 Å². The third kappa shape index (κ3) is 1.07. The molecule has 2 atom stereocenters. The molecule has 0 aliphatic heterocycles. The average Bonchev–Trinajstić information content (AvgIpc) is 2.12. The lowest BCUT2D eigenvalue weighted by Crippen LogP contribution is -2.11. The first-order chi connectivity index (χ1) is 5.79. The highest BCUT2D eigenvalue weighted by Crippen LogP contribution is 2.31. The zero-order valence-electron chi connectivity index (χ0n) is 7.07. The molecule has 0 aromatic heterocycles. The van der Waals surface area contributed by atoms with E-state index in [9.17, 15) is 5.11 Å². The fourth-order valence-corrected chi connectivity index (χ4v) is 1.58. The minimum atomic E-state index is -0.328. The van der Waals surface area contributed by atoms with E-state index in [0.717, 1.165) is 11.1 Å². The molecule has 62 valence electrons. The molecule has 0 radical (unpaired) electrons. The first-order valence-electron chi connectivity index (χ1n) is 4.24. The number of rotatable bonds is 0. The Balaban J connectivity index is 2.52. The van der Waals surface area contributed by atoms with E-state index in [4.69, 9.17) is 0 Å². The third-order valence-electron chi connectivity index (χ3n) is 2.39. The molecule has 0 fully saturated rings. The molecular formula is C11H12O. The van der Waals surface area contributed by atoms with E-state index < -0.39 is 0 Å². The molecule has 0 bridgehead atoms. The van der Waals surface area contributed by atoms with Crippen molar-refractivity contribution in [2.45, 2.75) is 13.0 Å². The lowest BCUT2D eigenvalue weighted by atomic mass is 9.88. The van der Waals surface area contributed by atoms with Gasteiger partial charge in [0.1, 0.15) is 0 Å². The number of hydrogen-bond donors (Lipinski definition) is 1. The molecule has 0 heterocycles. The van der Waals surface area contributed by atoms with Crippen molar-refractivity contribution in [3.05, 3.63) is 41.5 Å². The van der Waals surface area contributed by atoms with Crippen LogP contribution in [0.3, 0.4) is 0 Å². The maximum absolute atomic E-state index is 9.78. The molecule has 2 rings (SSSR count). The Bertz CT molecular complexity index is 315. The van der Waals surface area contributed by atoms with E-state index in [1.165, 1.54) is 0 Å². The molecular weight excluding hydrogens is 148 g/mol. The molecule has 2 unspecified atom stereocenters. The van der Waals surface area contributed by atoms with E-state index in [1.54, 1.807) is 0 Å². The largest absolute Gasteiger partial charge is 0.388 e. The molecule has 0 saturated carbocycles. The van der Waals surface area contributed by atoms with Gasteiger partial charge in [0.25, 0.3) is 0 Å². The summed E-state index contributed by atoms with van der Waals surface area (Å²) >= 11 is 0. The van der Waals surface area contributed by atoms with Gasteiger partial charge in [0, 0.05) is 5.92 Å². The van der Waals surface area contributed by atoms with Crippen LogP contribution in [0.5, 0.6) is 0 Å². The van der Waals surface area contributed by atoms with E-state index in [2.05, 4.69) is 6.08 Å². The van der Waals surface area contributed by atoms with Gasteiger partial charge in [-0.25, -0.2) is 0 Å². The molecule has 0 amide bonds. The molecule has 1 heteroatoms. The second-order valence-corrected chi connectivity index (χ2v) is 3.29. The molecule has 0 saturated heterocycles. The van der Waals surface area contributed by atoms with Gasteiger partial charge in [-0.1, -0.05) is 43.3 Å². The van der Waals surface area contributed by atoms with Crippen LogP contribution in [-0.4, -0.2) is 5.11 Å². The van der Waals surface area contributed by atoms with Crippen molar-refractivity contribution >= 4 is 6.08 Å². The first-order valence-corrected chi connectivity index (χ1v) is 4.24. The predicted molar refractivity (Wildman–Crippen MR) is 49.6 cm³/mol. The van der Waals surface area contributed by atoms with Gasteiger partial charge in [-0.3, -0.25) is 0 Å². The minimum absolute atomic E-state index is 0.236. The van der Waals surface area contributed by atoms with E-state index >= 15 is 0 Å². The topological polar surface area (TPSA) is 20.2 Å². The zero-order valence-corrected chi connectivity index (χ0v) is 7.07. The molecule has 1 aliphatic rings. The normalized spacial score (nSPS) is 26.8. The highest BCUT2D eigenvalue weighted by atomic mass is 16.3. The molecule has 0 spiro atoms. The van der Waals surface area contributed by atoms with E-state index in [-0.39, 0.29) is 12.0 Å². The van der Waals surface area contributed by atoms with Crippen molar-refractivity contribution in [1.29, 1.82) is 0 Å². The fourth-order valence-electron chi connectivity index (χ4n) is 1.58. The summed E-state index contributed by atoms with van der Waals surface area (Å²) < 4.78 is 0. The van der Waals surface area contributed by atoms with Crippen LogP contribution in [0, 0.1) is 5.92 Å². The Morgan fingerprint density at radius 3 is 2.83 bits per heavy atom. The summed E-state index contributed by atoms with van der Waals surface area (Å²) in [6.45, 7) is 2.02. The quantitative estimate of drug-likeness (QED) is 0.617. The van der Waals surface area contributed by atoms with Gasteiger partial charge in [0.05, 0.1) is 6.10 Å². The summed E-state index contributed by atoms with van der Waals surface area (Å²) in [6.07, 6.45) is 3.80. The van der Waals surface area contributed by atoms with Crippen LogP contribution in [0.15, 0.2) is 30.3 Å². The van der Waals surface area contributed by atoms with E-state index in [0.29, 0.717) is 0 Å². The maximum Gasteiger partial charge on any atom is 0.0855 e. The first kappa shape index (κ1) is 7.56. The average molecular weight is 160 g/mol. The summed E-state index contributed by atoms with van der Waals surface area (Å²) in [5, 5.41) is 9.78. The lowest BCUT2D eigenvalue weighted by molar-refractivity contribution is 0.138. The third-order valence-corrected chi connectivity index (χ3v) is 2.39. The Kier molecular flexibility index (Phi) is 1.74. The number of hydrogen-bond acceptors (Lipinski definition) is 1. The van der Waals surface area contributed by atoms with Crippen LogP contribution in [0.25, 0.3) is 6.08 Å². The number of aliphatic hydroxyl groups excluding tert-OH is 1. The molecule has 1 aromatic carbocycles. The minimum Gasteiger partial charge on any atom is -0.388 e. The van der Waals surface area contributed by atoms with Crippen LogP contribution < -0.4 is 0 Å². The number of fused-ring (bicyclic) bond motifs is 1. The molecule has 12 heavy (non-hydrogen) atoms. The van der Waals surface area contributed by atoms with Gasteiger partial charge in [-0.2, -0.15) is 0 Å². The summed E-state index contributed by atoms with van der Waals surface area (Å²) in [7, 11) is 0. The molecule has 1 N–H and O–H groups in total. The van der Waals surface area contributed by atoms with Crippen molar-refractivity contribution in [1.82, 2.24) is 0 Å². The van der Waals surface area contributed by atoms with Crippen molar-refractivity contribution in [3.63, 3.8) is 0 Å². The van der Waals surface area contributed by atoms with Crippen LogP contribution in [-0.2, 0) is 0 Å². The Morgan fingerprint density at radius 2 is 2.00 bits per heavy atom. The predicted octanol–water partition coefficient (Wildman–Crippen LogP) is 2.38. The van der Waals surface area contributed by atoms with Gasteiger partial charge >= 0.3 is 0 Å². The van der Waals surface area contributed by atoms with E-state index in [1.807, 2.05) is 37.3 Å². The van der Waals surface area contributed by atoms with Crippen molar-refractivity contribution in [2.24, 2.45) is 5.92 Å². The maximum atomic E-state index is 9.78. The van der Waals surface area contributed by atoms with Crippen LogP contribution in [0.2, 0.25) is 0 Å². The second kappa shape index (κ2) is 2.76. The summed E-state index contributed by atoms with van der Waals surface area (Å²) in [4.78, 5) is 0. The Morgan fingerprint density at radius 1 is 1.25 bits per heavy atom. The fraction of sp³-hybridized carbons (Fsp3) is 0.273. The van der Waals surface area contributed by atoms with Gasteiger partial charge < -0.3 is 5.11 Å². The van der Waals surface area contributed by atoms with Crippen molar-refractivity contribution in [3.8, 4) is 0 Å². The van der Waals surface area contributed by atoms with Crippen molar-refractivity contribution < 1.29 is 5.11 Å². The van der Waals surface area contributed by atoms with Gasteiger partial charge in [0.15, 0.2) is 0 Å². The highest BCUT2D eigenvalue weighted by molar-refractivity contribution is 5.57. The molecule has 1 aromatic rings. The summed E-state index contributed by atoms with van der Waals surface area (Å²) in [6, 6.07) is 7.97. The Hall–Kier alpha value is -1.08. The second-order valence-electron chi connectivity index (χ2n) is 3.29. The molecule has 1 aliphatic carbocycles. The monoisotopic (exact) mass is 160 g/mol. The van der Waals surface area contributed by atoms with Gasteiger partial charge in [0.2, 0.25) is 0 Å². The van der Waals surface area contributed by atoms with Crippen LogP contribution >= 0.6 is 0 Å². The standard InChI is InChI=1S/C11H12O/c1-8-6-7-9-4-2-3-5-10(9)11(8)12/h2-8,11-12H,1H3. The Labute approximate surface area is 72.4 Å². The van der Waals surface area contributed by atoms with Gasteiger partial charge in [-0.05, 0) is 11.1 Å². The lowest BCUT2D eigenvalue weighted by Gasteiger charge is -2.22. The zero-order chi connectivity index (χ0) is 8.55. The SMILES string of the molecule is CC1C=Cc2ccccc2C1O. The van der Waals surface area contributed by atoms with Crippen molar-refractivity contribution in [2.75, 3.05) is 0 Å². The smallest absolute Gasteiger partial charge is 0.0855 e. The highest BCUT2D eigenvalue weighted by Gasteiger charge is 2.19. The van der Waals surface area contributed by atoms with Crippen LogP contribution in [0.1, 0.15) is 24.2 Å². The molecule has 1 nitrogen and oxygen atoms in total. The summed E-state index contributed by atoms with van der Waals surface area (Å²) in [5.74, 6) is 0.236. The number of benzene rings is 1.